The maximum Gasteiger partial charge on any atom is 0.0595 e. The predicted molar refractivity (Wildman–Crippen MR) is 78.5 cm³/mol. The van der Waals surface area contributed by atoms with Crippen molar-refractivity contribution >= 4 is 23.2 Å². The van der Waals surface area contributed by atoms with Crippen LogP contribution in [-0.4, -0.2) is 19.8 Å². The Bertz CT molecular complexity index is 345. The summed E-state index contributed by atoms with van der Waals surface area (Å²) in [5.41, 5.74) is 1.15. The van der Waals surface area contributed by atoms with Gasteiger partial charge in [-0.05, 0) is 37.1 Å². The molecule has 0 fully saturated rings. The van der Waals surface area contributed by atoms with Gasteiger partial charge in [0.2, 0.25) is 0 Å². The van der Waals surface area contributed by atoms with Gasteiger partial charge in [-0.1, -0.05) is 42.6 Å². The minimum atomic E-state index is 0.602. The lowest BCUT2D eigenvalue weighted by Gasteiger charge is -2.06. The van der Waals surface area contributed by atoms with Gasteiger partial charge >= 0.3 is 0 Å². The van der Waals surface area contributed by atoms with Crippen molar-refractivity contribution in [3.8, 4) is 0 Å². The zero-order valence-electron chi connectivity index (χ0n) is 10.8. The zero-order chi connectivity index (χ0) is 13.2. The minimum absolute atomic E-state index is 0.602. The Hall–Kier alpha value is -0.280. The fourth-order valence-corrected chi connectivity index (χ4v) is 1.85. The maximum atomic E-state index is 5.95. The van der Waals surface area contributed by atoms with Crippen molar-refractivity contribution in [2.24, 2.45) is 0 Å². The molecular formula is C14H21Cl2NO. The van der Waals surface area contributed by atoms with Gasteiger partial charge in [-0.25, -0.2) is 0 Å². The molecule has 2 nitrogen and oxygen atoms in total. The summed E-state index contributed by atoms with van der Waals surface area (Å²) >= 11 is 11.8. The Morgan fingerprint density at radius 3 is 2.61 bits per heavy atom. The third-order valence-electron chi connectivity index (χ3n) is 2.60. The minimum Gasteiger partial charge on any atom is -0.381 e. The number of halogens is 2. The van der Waals surface area contributed by atoms with E-state index < -0.39 is 0 Å². The van der Waals surface area contributed by atoms with Crippen molar-refractivity contribution in [1.29, 1.82) is 0 Å². The molecule has 4 heteroatoms. The molecule has 102 valence electrons. The first-order valence-electron chi connectivity index (χ1n) is 6.46. The molecule has 0 amide bonds. The molecule has 0 spiro atoms. The van der Waals surface area contributed by atoms with Crippen LogP contribution < -0.4 is 5.32 Å². The van der Waals surface area contributed by atoms with Gasteiger partial charge < -0.3 is 10.1 Å². The Balaban J connectivity index is 2.05. The quantitative estimate of drug-likeness (QED) is 0.685. The summed E-state index contributed by atoms with van der Waals surface area (Å²) in [5.74, 6) is 0. The normalized spacial score (nSPS) is 10.8. The second-order valence-corrected chi connectivity index (χ2v) is 5.06. The molecular weight excluding hydrogens is 269 g/mol. The molecule has 0 heterocycles. The molecule has 0 radical (unpaired) electrons. The van der Waals surface area contributed by atoms with Crippen LogP contribution in [0.3, 0.4) is 0 Å². The maximum absolute atomic E-state index is 5.95. The van der Waals surface area contributed by atoms with E-state index in [-0.39, 0.29) is 0 Å². The van der Waals surface area contributed by atoms with Crippen molar-refractivity contribution in [1.82, 2.24) is 5.32 Å². The summed E-state index contributed by atoms with van der Waals surface area (Å²) in [6.07, 6.45) is 3.37. The Morgan fingerprint density at radius 1 is 1.11 bits per heavy atom. The smallest absolute Gasteiger partial charge is 0.0595 e. The highest BCUT2D eigenvalue weighted by atomic mass is 35.5. The van der Waals surface area contributed by atoms with E-state index in [0.717, 1.165) is 44.7 Å². The number of hydrogen-bond acceptors (Lipinski definition) is 2. The number of ether oxygens (including phenoxy) is 1. The van der Waals surface area contributed by atoms with E-state index in [9.17, 15) is 0 Å². The average Bonchev–Trinajstić information content (AvgIpc) is 2.37. The van der Waals surface area contributed by atoms with Gasteiger partial charge in [-0.2, -0.15) is 0 Å². The summed E-state index contributed by atoms with van der Waals surface area (Å²) in [6, 6.07) is 5.71. The molecule has 0 saturated carbocycles. The second-order valence-electron chi connectivity index (χ2n) is 4.24. The van der Waals surface area contributed by atoms with Crippen molar-refractivity contribution < 1.29 is 4.74 Å². The highest BCUT2D eigenvalue weighted by Gasteiger charge is 1.99. The first-order valence-corrected chi connectivity index (χ1v) is 7.22. The monoisotopic (exact) mass is 289 g/mol. The lowest BCUT2D eigenvalue weighted by atomic mass is 10.2. The van der Waals surface area contributed by atoms with Gasteiger partial charge in [0, 0.05) is 19.8 Å². The summed E-state index contributed by atoms with van der Waals surface area (Å²) in [5, 5.41) is 4.57. The van der Waals surface area contributed by atoms with E-state index in [2.05, 4.69) is 12.2 Å². The predicted octanol–water partition coefficient (Wildman–Crippen LogP) is 4.29. The molecule has 0 aliphatic carbocycles. The molecule has 0 atom stereocenters. The Labute approximate surface area is 120 Å². The molecule has 18 heavy (non-hydrogen) atoms. The van der Waals surface area contributed by atoms with Crippen LogP contribution in [0.15, 0.2) is 18.2 Å². The largest absolute Gasteiger partial charge is 0.381 e. The van der Waals surface area contributed by atoms with Gasteiger partial charge in [-0.15, -0.1) is 0 Å². The molecule has 0 unspecified atom stereocenters. The van der Waals surface area contributed by atoms with Gasteiger partial charge in [0.15, 0.2) is 0 Å². The van der Waals surface area contributed by atoms with E-state index in [4.69, 9.17) is 27.9 Å². The van der Waals surface area contributed by atoms with Crippen LogP contribution in [-0.2, 0) is 11.3 Å². The Morgan fingerprint density at radius 2 is 1.89 bits per heavy atom. The molecule has 0 aliphatic heterocycles. The molecule has 0 aliphatic rings. The molecule has 1 N–H and O–H groups in total. The summed E-state index contributed by atoms with van der Waals surface area (Å²) in [4.78, 5) is 0. The SMILES string of the molecule is CCCCOCCCNCc1ccc(Cl)c(Cl)c1. The van der Waals surface area contributed by atoms with Crippen LogP contribution >= 0.6 is 23.2 Å². The molecule has 0 bridgehead atoms. The highest BCUT2D eigenvalue weighted by Crippen LogP contribution is 2.22. The lowest BCUT2D eigenvalue weighted by molar-refractivity contribution is 0.129. The molecule has 0 saturated heterocycles. The van der Waals surface area contributed by atoms with Gasteiger partial charge in [0.25, 0.3) is 0 Å². The second kappa shape index (κ2) is 9.62. The Kier molecular flexibility index (Phi) is 8.44. The van der Waals surface area contributed by atoms with Crippen molar-refractivity contribution in [3.05, 3.63) is 33.8 Å². The number of benzene rings is 1. The van der Waals surface area contributed by atoms with Gasteiger partial charge in [0.1, 0.15) is 0 Å². The fourth-order valence-electron chi connectivity index (χ4n) is 1.53. The van der Waals surface area contributed by atoms with Crippen LogP contribution in [0, 0.1) is 0 Å². The van der Waals surface area contributed by atoms with Gasteiger partial charge in [0.05, 0.1) is 10.0 Å². The number of hydrogen-bond donors (Lipinski definition) is 1. The third-order valence-corrected chi connectivity index (χ3v) is 3.34. The van der Waals surface area contributed by atoms with E-state index in [1.807, 2.05) is 18.2 Å². The van der Waals surface area contributed by atoms with Gasteiger partial charge in [-0.3, -0.25) is 0 Å². The third kappa shape index (κ3) is 6.60. The van der Waals surface area contributed by atoms with Crippen LogP contribution in [0.2, 0.25) is 10.0 Å². The van der Waals surface area contributed by atoms with Crippen LogP contribution in [0.1, 0.15) is 31.7 Å². The summed E-state index contributed by atoms with van der Waals surface area (Å²) in [7, 11) is 0. The van der Waals surface area contributed by atoms with Crippen molar-refractivity contribution in [3.63, 3.8) is 0 Å². The van der Waals surface area contributed by atoms with Crippen molar-refractivity contribution in [2.45, 2.75) is 32.7 Å². The fraction of sp³-hybridized carbons (Fsp3) is 0.571. The lowest BCUT2D eigenvalue weighted by Crippen LogP contribution is -2.16. The number of nitrogens with one attached hydrogen (secondary N) is 1. The standard InChI is InChI=1S/C14H21Cl2NO/c1-2-3-8-18-9-4-7-17-11-12-5-6-13(15)14(16)10-12/h5-6,10,17H,2-4,7-9,11H2,1H3. The first-order chi connectivity index (χ1) is 8.74. The molecule has 0 aromatic heterocycles. The molecule has 1 rings (SSSR count). The van der Waals surface area contributed by atoms with Crippen LogP contribution in [0.25, 0.3) is 0 Å². The van der Waals surface area contributed by atoms with Crippen LogP contribution in [0.5, 0.6) is 0 Å². The van der Waals surface area contributed by atoms with E-state index in [1.54, 1.807) is 0 Å². The topological polar surface area (TPSA) is 21.3 Å². The van der Waals surface area contributed by atoms with E-state index in [1.165, 1.54) is 6.42 Å². The molecule has 1 aromatic rings. The summed E-state index contributed by atoms with van der Waals surface area (Å²) in [6.45, 7) is 5.64. The average molecular weight is 290 g/mol. The number of unbranched alkanes of at least 4 members (excludes halogenated alkanes) is 1. The summed E-state index contributed by atoms with van der Waals surface area (Å²) < 4.78 is 5.48. The first kappa shape index (κ1) is 15.8. The van der Waals surface area contributed by atoms with Crippen LogP contribution in [0.4, 0.5) is 0 Å². The van der Waals surface area contributed by atoms with E-state index in [0.29, 0.717) is 10.0 Å². The van der Waals surface area contributed by atoms with E-state index >= 15 is 0 Å². The van der Waals surface area contributed by atoms with Crippen molar-refractivity contribution in [2.75, 3.05) is 19.8 Å². The molecule has 1 aromatic carbocycles. The number of rotatable bonds is 9. The zero-order valence-corrected chi connectivity index (χ0v) is 12.4. The highest BCUT2D eigenvalue weighted by molar-refractivity contribution is 6.42.